The first-order valence-corrected chi connectivity index (χ1v) is 7.04. The molecule has 6 heteroatoms. The van der Waals surface area contributed by atoms with Crippen LogP contribution in [0.1, 0.15) is 16.7 Å². The van der Waals surface area contributed by atoms with Gasteiger partial charge < -0.3 is 5.32 Å². The molecule has 4 nitrogen and oxygen atoms in total. The third-order valence-corrected chi connectivity index (χ3v) is 4.75. The molecule has 0 spiro atoms. The molecule has 1 aromatic rings. The molecule has 0 aliphatic carbocycles. The van der Waals surface area contributed by atoms with Gasteiger partial charge in [-0.1, -0.05) is 6.92 Å². The predicted octanol–water partition coefficient (Wildman–Crippen LogP) is 1.07. The standard InChI is InChI=1S/C9H16N2O2S2/c1-4-11-6-8-5-9(7(2)14-8)15(12,13)10-3/h5,10-11H,4,6H2,1-3H3. The van der Waals surface area contributed by atoms with Crippen LogP contribution in [0.2, 0.25) is 0 Å². The second-order valence-electron chi connectivity index (χ2n) is 3.12. The molecule has 0 radical (unpaired) electrons. The first kappa shape index (κ1) is 12.6. The van der Waals surface area contributed by atoms with E-state index in [2.05, 4.69) is 10.0 Å². The molecule has 0 saturated carbocycles. The molecule has 0 aromatic carbocycles. The summed E-state index contributed by atoms with van der Waals surface area (Å²) in [7, 11) is -1.87. The minimum Gasteiger partial charge on any atom is -0.312 e. The topological polar surface area (TPSA) is 58.2 Å². The molecule has 0 bridgehead atoms. The number of aryl methyl sites for hydroxylation is 1. The Balaban J connectivity index is 2.97. The predicted molar refractivity (Wildman–Crippen MR) is 62.7 cm³/mol. The van der Waals surface area contributed by atoms with Crippen molar-refractivity contribution in [3.05, 3.63) is 15.8 Å². The van der Waals surface area contributed by atoms with Crippen LogP contribution in [-0.4, -0.2) is 22.0 Å². The third-order valence-electron chi connectivity index (χ3n) is 2.03. The van der Waals surface area contributed by atoms with Gasteiger partial charge in [-0.2, -0.15) is 0 Å². The van der Waals surface area contributed by atoms with Crippen molar-refractivity contribution in [1.82, 2.24) is 10.0 Å². The molecular weight excluding hydrogens is 232 g/mol. The molecule has 15 heavy (non-hydrogen) atoms. The van der Waals surface area contributed by atoms with E-state index in [1.165, 1.54) is 18.4 Å². The normalized spacial score (nSPS) is 11.9. The smallest absolute Gasteiger partial charge is 0.241 e. The van der Waals surface area contributed by atoms with Crippen LogP contribution >= 0.6 is 11.3 Å². The maximum Gasteiger partial charge on any atom is 0.241 e. The summed E-state index contributed by atoms with van der Waals surface area (Å²) in [5.41, 5.74) is 0. The summed E-state index contributed by atoms with van der Waals surface area (Å²) >= 11 is 1.51. The van der Waals surface area contributed by atoms with Crippen molar-refractivity contribution in [3.8, 4) is 0 Å². The van der Waals surface area contributed by atoms with Crippen LogP contribution in [0.5, 0.6) is 0 Å². The molecule has 0 fully saturated rings. The largest absolute Gasteiger partial charge is 0.312 e. The summed E-state index contributed by atoms with van der Waals surface area (Å²) in [6.45, 7) is 5.45. The van der Waals surface area contributed by atoms with Gasteiger partial charge in [0, 0.05) is 16.3 Å². The summed E-state index contributed by atoms with van der Waals surface area (Å²) < 4.78 is 25.5. The Labute approximate surface area is 94.8 Å². The van der Waals surface area contributed by atoms with Crippen molar-refractivity contribution in [2.75, 3.05) is 13.6 Å². The molecule has 1 rings (SSSR count). The van der Waals surface area contributed by atoms with Crippen LogP contribution in [0.15, 0.2) is 11.0 Å². The fraction of sp³-hybridized carbons (Fsp3) is 0.556. The molecular formula is C9H16N2O2S2. The van der Waals surface area contributed by atoms with Crippen LogP contribution in [-0.2, 0) is 16.6 Å². The van der Waals surface area contributed by atoms with E-state index < -0.39 is 10.0 Å². The Hall–Kier alpha value is -0.430. The molecule has 0 saturated heterocycles. The molecule has 2 N–H and O–H groups in total. The van der Waals surface area contributed by atoms with E-state index in [0.717, 1.165) is 22.8 Å². The van der Waals surface area contributed by atoms with Gasteiger partial charge in [0.15, 0.2) is 0 Å². The zero-order valence-corrected chi connectivity index (χ0v) is 10.8. The van der Waals surface area contributed by atoms with Crippen molar-refractivity contribution in [1.29, 1.82) is 0 Å². The van der Waals surface area contributed by atoms with Gasteiger partial charge in [0.2, 0.25) is 10.0 Å². The zero-order chi connectivity index (χ0) is 11.5. The van der Waals surface area contributed by atoms with Gasteiger partial charge in [0.05, 0.1) is 4.90 Å². The van der Waals surface area contributed by atoms with Gasteiger partial charge in [0.1, 0.15) is 0 Å². The maximum absolute atomic E-state index is 11.6. The second kappa shape index (κ2) is 5.07. The van der Waals surface area contributed by atoms with Gasteiger partial charge in [-0.25, -0.2) is 13.1 Å². The fourth-order valence-corrected chi connectivity index (χ4v) is 3.56. The van der Waals surface area contributed by atoms with Crippen LogP contribution in [0.25, 0.3) is 0 Å². The van der Waals surface area contributed by atoms with Crippen molar-refractivity contribution < 1.29 is 8.42 Å². The van der Waals surface area contributed by atoms with Gasteiger partial charge >= 0.3 is 0 Å². The number of nitrogens with one attached hydrogen (secondary N) is 2. The molecule has 0 amide bonds. The quantitative estimate of drug-likeness (QED) is 0.819. The number of rotatable bonds is 5. The lowest BCUT2D eigenvalue weighted by Gasteiger charge is -1.99. The molecule has 0 atom stereocenters. The Kier molecular flexibility index (Phi) is 4.27. The van der Waals surface area contributed by atoms with Crippen LogP contribution in [0, 0.1) is 6.92 Å². The Morgan fingerprint density at radius 3 is 2.67 bits per heavy atom. The van der Waals surface area contributed by atoms with Gasteiger partial charge in [-0.15, -0.1) is 11.3 Å². The average Bonchev–Trinajstić information content (AvgIpc) is 2.57. The molecule has 0 aliphatic rings. The first-order chi connectivity index (χ1) is 7.01. The van der Waals surface area contributed by atoms with E-state index >= 15 is 0 Å². The molecule has 0 unspecified atom stereocenters. The number of hydrogen-bond donors (Lipinski definition) is 2. The zero-order valence-electron chi connectivity index (χ0n) is 9.12. The lowest BCUT2D eigenvalue weighted by Crippen LogP contribution is -2.18. The number of thiophene rings is 1. The highest BCUT2D eigenvalue weighted by atomic mass is 32.2. The van der Waals surface area contributed by atoms with Crippen molar-refractivity contribution >= 4 is 21.4 Å². The third kappa shape index (κ3) is 3.01. The second-order valence-corrected chi connectivity index (χ2v) is 6.32. The first-order valence-electron chi connectivity index (χ1n) is 4.74. The van der Waals surface area contributed by atoms with E-state index in [1.807, 2.05) is 13.8 Å². The lowest BCUT2D eigenvalue weighted by atomic mass is 10.4. The SMILES string of the molecule is CCNCc1cc(S(=O)(=O)NC)c(C)s1. The summed E-state index contributed by atoms with van der Waals surface area (Å²) in [5, 5.41) is 3.17. The van der Waals surface area contributed by atoms with Crippen molar-refractivity contribution in [2.45, 2.75) is 25.3 Å². The van der Waals surface area contributed by atoms with Crippen LogP contribution in [0.3, 0.4) is 0 Å². The summed E-state index contributed by atoms with van der Waals surface area (Å²) in [5.74, 6) is 0. The Bertz CT molecular complexity index is 423. The minimum absolute atomic E-state index is 0.392. The fourth-order valence-electron chi connectivity index (χ4n) is 1.24. The average molecular weight is 248 g/mol. The van der Waals surface area contributed by atoms with E-state index in [1.54, 1.807) is 6.07 Å². The highest BCUT2D eigenvalue weighted by molar-refractivity contribution is 7.89. The Morgan fingerprint density at radius 2 is 2.13 bits per heavy atom. The molecule has 0 aliphatic heterocycles. The summed E-state index contributed by atoms with van der Waals surface area (Å²) in [4.78, 5) is 2.27. The van der Waals surface area contributed by atoms with Crippen LogP contribution < -0.4 is 10.0 Å². The molecule has 86 valence electrons. The summed E-state index contributed by atoms with van der Waals surface area (Å²) in [6, 6.07) is 1.73. The van der Waals surface area contributed by atoms with E-state index in [-0.39, 0.29) is 0 Å². The van der Waals surface area contributed by atoms with E-state index in [9.17, 15) is 8.42 Å². The number of hydrogen-bond acceptors (Lipinski definition) is 4. The summed E-state index contributed by atoms with van der Waals surface area (Å²) in [6.07, 6.45) is 0. The Morgan fingerprint density at radius 1 is 1.47 bits per heavy atom. The molecule has 1 aromatic heterocycles. The van der Waals surface area contributed by atoms with E-state index in [0.29, 0.717) is 4.90 Å². The van der Waals surface area contributed by atoms with Crippen molar-refractivity contribution in [2.24, 2.45) is 0 Å². The maximum atomic E-state index is 11.6. The van der Waals surface area contributed by atoms with E-state index in [4.69, 9.17) is 0 Å². The number of sulfonamides is 1. The van der Waals surface area contributed by atoms with Gasteiger partial charge in [0.25, 0.3) is 0 Å². The highest BCUT2D eigenvalue weighted by Crippen LogP contribution is 2.25. The van der Waals surface area contributed by atoms with Crippen molar-refractivity contribution in [3.63, 3.8) is 0 Å². The monoisotopic (exact) mass is 248 g/mol. The lowest BCUT2D eigenvalue weighted by molar-refractivity contribution is 0.588. The minimum atomic E-state index is -3.30. The van der Waals surface area contributed by atoms with Crippen LogP contribution in [0.4, 0.5) is 0 Å². The highest BCUT2D eigenvalue weighted by Gasteiger charge is 2.17. The van der Waals surface area contributed by atoms with Gasteiger partial charge in [-0.05, 0) is 26.6 Å². The molecule has 1 heterocycles. The van der Waals surface area contributed by atoms with Gasteiger partial charge in [-0.3, -0.25) is 0 Å².